The fourth-order valence-corrected chi connectivity index (χ4v) is 4.11. The number of nitrogen functional groups attached to an aromatic ring is 2. The number of rotatable bonds is 4. The zero-order valence-electron chi connectivity index (χ0n) is 13.3. The van der Waals surface area contributed by atoms with Crippen molar-refractivity contribution in [2.75, 3.05) is 23.7 Å². The van der Waals surface area contributed by atoms with E-state index in [1.54, 1.807) is 0 Å². The molecule has 0 spiro atoms. The van der Waals surface area contributed by atoms with E-state index in [1.165, 1.54) is 16.9 Å². The number of aromatic nitrogens is 1. The monoisotopic (exact) mass is 333 g/mol. The maximum atomic E-state index is 9.69. The number of piperidine rings is 1. The van der Waals surface area contributed by atoms with Crippen molar-refractivity contribution < 1.29 is 5.11 Å². The van der Waals surface area contributed by atoms with Gasteiger partial charge in [0.1, 0.15) is 16.5 Å². The highest BCUT2D eigenvalue weighted by atomic mass is 32.1. The summed E-state index contributed by atoms with van der Waals surface area (Å²) in [6.07, 6.45) is 3.28. The molecule has 1 fully saturated rings. The largest absolute Gasteiger partial charge is 0.397 e. The Morgan fingerprint density at radius 1 is 1.48 bits per heavy atom. The predicted octanol–water partition coefficient (Wildman–Crippen LogP) is 2.08. The molecule has 2 aromatic rings. The van der Waals surface area contributed by atoms with E-state index in [-0.39, 0.29) is 11.9 Å². The van der Waals surface area contributed by atoms with Crippen molar-refractivity contribution >= 4 is 38.9 Å². The maximum Gasteiger partial charge on any atom is 0.135 e. The van der Waals surface area contributed by atoms with E-state index in [9.17, 15) is 5.11 Å². The third-order valence-electron chi connectivity index (χ3n) is 4.32. The topological polar surface area (TPSA) is 112 Å². The van der Waals surface area contributed by atoms with Gasteiger partial charge < -0.3 is 21.5 Å². The van der Waals surface area contributed by atoms with Gasteiger partial charge in [-0.3, -0.25) is 5.41 Å². The maximum absolute atomic E-state index is 9.69. The van der Waals surface area contributed by atoms with E-state index in [1.807, 2.05) is 0 Å². The van der Waals surface area contributed by atoms with Gasteiger partial charge in [0.25, 0.3) is 0 Å². The zero-order valence-corrected chi connectivity index (χ0v) is 14.1. The first kappa shape index (κ1) is 16.0. The van der Waals surface area contributed by atoms with Crippen LogP contribution in [0.15, 0.2) is 6.07 Å². The number of aryl methyl sites for hydroxylation is 1. The summed E-state index contributed by atoms with van der Waals surface area (Å²) in [7, 11) is 0. The number of hydrogen-bond acceptors (Lipinski definition) is 6. The van der Waals surface area contributed by atoms with E-state index >= 15 is 0 Å². The first-order chi connectivity index (χ1) is 11.0. The molecule has 0 amide bonds. The molecule has 1 aliphatic rings. The van der Waals surface area contributed by atoms with Crippen LogP contribution >= 0.6 is 11.3 Å². The third kappa shape index (κ3) is 2.98. The Hall–Kier alpha value is -1.86. The second kappa shape index (κ2) is 6.33. The van der Waals surface area contributed by atoms with Crippen molar-refractivity contribution in [2.24, 2.45) is 5.73 Å². The Morgan fingerprint density at radius 3 is 2.78 bits per heavy atom. The lowest BCUT2D eigenvalue weighted by atomic mass is 10.0. The highest BCUT2D eigenvalue weighted by molar-refractivity contribution is 7.21. The minimum absolute atomic E-state index is 0.00408. The zero-order chi connectivity index (χ0) is 16.6. The van der Waals surface area contributed by atoms with Gasteiger partial charge in [0.05, 0.1) is 16.7 Å². The number of pyridine rings is 1. The van der Waals surface area contributed by atoms with Gasteiger partial charge >= 0.3 is 0 Å². The van der Waals surface area contributed by atoms with Crippen LogP contribution in [0.1, 0.15) is 36.6 Å². The molecule has 1 aliphatic heterocycles. The van der Waals surface area contributed by atoms with Gasteiger partial charge in [0, 0.05) is 18.5 Å². The Balaban J connectivity index is 2.08. The lowest BCUT2D eigenvalue weighted by molar-refractivity contribution is 0.145. The number of fused-ring (bicyclic) bond motifs is 1. The molecule has 3 rings (SSSR count). The second-order valence-corrected chi connectivity index (χ2v) is 7.05. The fraction of sp³-hybridized carbons (Fsp3) is 0.500. The van der Waals surface area contributed by atoms with Crippen molar-refractivity contribution in [1.82, 2.24) is 4.98 Å². The SMILES string of the molecule is CCCc1cc(N2CCC(O)CC2)nc2sc(C(=N)N)c(N)c12. The summed E-state index contributed by atoms with van der Waals surface area (Å²) in [6.45, 7) is 3.76. The number of hydrogen-bond donors (Lipinski definition) is 4. The molecule has 0 aliphatic carbocycles. The van der Waals surface area contributed by atoms with Crippen molar-refractivity contribution in [3.05, 3.63) is 16.5 Å². The summed E-state index contributed by atoms with van der Waals surface area (Å²) in [5.74, 6) is 0.930. The molecule has 6 nitrogen and oxygen atoms in total. The van der Waals surface area contributed by atoms with Crippen LogP contribution in [-0.4, -0.2) is 35.1 Å². The Kier molecular flexibility index (Phi) is 4.41. The number of thiophene rings is 1. The van der Waals surface area contributed by atoms with Gasteiger partial charge in [0.2, 0.25) is 0 Å². The number of anilines is 2. The van der Waals surface area contributed by atoms with Gasteiger partial charge in [0.15, 0.2) is 0 Å². The Morgan fingerprint density at radius 2 is 2.17 bits per heavy atom. The number of aliphatic hydroxyl groups is 1. The van der Waals surface area contributed by atoms with Crippen molar-refractivity contribution in [2.45, 2.75) is 38.7 Å². The van der Waals surface area contributed by atoms with E-state index < -0.39 is 0 Å². The lowest BCUT2D eigenvalue weighted by Gasteiger charge is -2.30. The summed E-state index contributed by atoms with van der Waals surface area (Å²) in [5, 5.41) is 18.3. The van der Waals surface area contributed by atoms with Crippen molar-refractivity contribution in [3.8, 4) is 0 Å². The molecule has 0 aromatic carbocycles. The quantitative estimate of drug-likeness (QED) is 0.505. The normalized spacial score (nSPS) is 16.2. The first-order valence-electron chi connectivity index (χ1n) is 8.00. The van der Waals surface area contributed by atoms with Gasteiger partial charge in [-0.05, 0) is 30.9 Å². The minimum atomic E-state index is -0.202. The summed E-state index contributed by atoms with van der Waals surface area (Å²) in [6, 6.07) is 2.11. The van der Waals surface area contributed by atoms with Gasteiger partial charge in [-0.15, -0.1) is 11.3 Å². The summed E-state index contributed by atoms with van der Waals surface area (Å²) >= 11 is 1.39. The molecule has 7 heteroatoms. The molecule has 0 radical (unpaired) electrons. The second-order valence-electron chi connectivity index (χ2n) is 6.05. The Labute approximate surface area is 139 Å². The molecule has 1 saturated heterocycles. The van der Waals surface area contributed by atoms with Crippen LogP contribution in [0.25, 0.3) is 10.2 Å². The molecular weight excluding hydrogens is 310 g/mol. The fourth-order valence-electron chi connectivity index (χ4n) is 3.11. The number of nitrogens with two attached hydrogens (primary N) is 2. The van der Waals surface area contributed by atoms with Gasteiger partial charge in [-0.25, -0.2) is 4.98 Å². The van der Waals surface area contributed by atoms with Crippen LogP contribution < -0.4 is 16.4 Å². The highest BCUT2D eigenvalue weighted by Crippen LogP contribution is 2.37. The van der Waals surface area contributed by atoms with Gasteiger partial charge in [-0.2, -0.15) is 0 Å². The molecule has 124 valence electrons. The Bertz CT molecular complexity index is 734. The summed E-state index contributed by atoms with van der Waals surface area (Å²) < 4.78 is 0. The molecule has 0 saturated carbocycles. The van der Waals surface area contributed by atoms with Crippen molar-refractivity contribution in [1.29, 1.82) is 5.41 Å². The molecule has 6 N–H and O–H groups in total. The average Bonchev–Trinajstić information content (AvgIpc) is 2.86. The molecular formula is C16H23N5OS. The standard InChI is InChI=1S/C16H23N5OS/c1-2-3-9-8-11(21-6-4-10(22)5-7-21)20-16-12(9)13(17)14(23-16)15(18)19/h8,10,22H,2-7,17H2,1H3,(H3,18,19). The number of nitrogens with one attached hydrogen (secondary N) is 1. The third-order valence-corrected chi connectivity index (χ3v) is 5.45. The van der Waals surface area contributed by atoms with Crippen molar-refractivity contribution in [3.63, 3.8) is 0 Å². The first-order valence-corrected chi connectivity index (χ1v) is 8.82. The molecule has 23 heavy (non-hydrogen) atoms. The van der Waals surface area contributed by atoms with E-state index in [4.69, 9.17) is 21.9 Å². The number of nitrogens with zero attached hydrogens (tertiary/aromatic N) is 2. The smallest absolute Gasteiger partial charge is 0.135 e. The molecule has 0 bridgehead atoms. The summed E-state index contributed by atoms with van der Waals surface area (Å²) in [5.41, 5.74) is 13.6. The average molecular weight is 333 g/mol. The van der Waals surface area contributed by atoms with E-state index in [0.717, 1.165) is 54.8 Å². The predicted molar refractivity (Wildman–Crippen MR) is 96.5 cm³/mol. The van der Waals surface area contributed by atoms with Crippen LogP contribution in [0.2, 0.25) is 0 Å². The molecule has 2 aromatic heterocycles. The van der Waals surface area contributed by atoms with Crippen LogP contribution in [-0.2, 0) is 6.42 Å². The van der Waals surface area contributed by atoms with Crippen LogP contribution in [0.5, 0.6) is 0 Å². The molecule has 0 atom stereocenters. The summed E-state index contributed by atoms with van der Waals surface area (Å²) in [4.78, 5) is 8.43. The van der Waals surface area contributed by atoms with Gasteiger partial charge in [-0.1, -0.05) is 13.3 Å². The van der Waals surface area contributed by atoms with Crippen LogP contribution in [0.4, 0.5) is 11.5 Å². The van der Waals surface area contributed by atoms with E-state index in [0.29, 0.717) is 10.6 Å². The number of amidine groups is 1. The molecule has 3 heterocycles. The number of aliphatic hydroxyl groups excluding tert-OH is 1. The van der Waals surface area contributed by atoms with Crippen LogP contribution in [0.3, 0.4) is 0 Å². The minimum Gasteiger partial charge on any atom is -0.397 e. The molecule has 0 unspecified atom stereocenters. The lowest BCUT2D eigenvalue weighted by Crippen LogP contribution is -2.36. The van der Waals surface area contributed by atoms with Crippen LogP contribution in [0, 0.1) is 5.41 Å². The van der Waals surface area contributed by atoms with E-state index in [2.05, 4.69) is 17.9 Å². The highest BCUT2D eigenvalue weighted by Gasteiger charge is 2.22.